The summed E-state index contributed by atoms with van der Waals surface area (Å²) in [6.45, 7) is 4.95. The number of ether oxygens (including phenoxy) is 1. The molecule has 27 heavy (non-hydrogen) atoms. The quantitative estimate of drug-likeness (QED) is 0.573. The highest BCUT2D eigenvalue weighted by atomic mass is 16.5. The van der Waals surface area contributed by atoms with Gasteiger partial charge >= 0.3 is 0 Å². The van der Waals surface area contributed by atoms with Gasteiger partial charge < -0.3 is 15.0 Å². The lowest BCUT2D eigenvalue weighted by Crippen LogP contribution is -2.37. The zero-order chi connectivity index (χ0) is 19.1. The van der Waals surface area contributed by atoms with Gasteiger partial charge in [0, 0.05) is 43.6 Å². The maximum atomic E-state index is 12.2. The van der Waals surface area contributed by atoms with E-state index in [1.54, 1.807) is 43.6 Å². The van der Waals surface area contributed by atoms with Crippen LogP contribution in [0.4, 0.5) is 0 Å². The van der Waals surface area contributed by atoms with E-state index >= 15 is 0 Å². The maximum absolute atomic E-state index is 12.2. The number of rotatable bonds is 8. The molecular formula is C21H25N3O3. The molecule has 6 nitrogen and oxygen atoms in total. The fourth-order valence-electron chi connectivity index (χ4n) is 3.18. The highest BCUT2D eigenvalue weighted by Crippen LogP contribution is 2.14. The molecule has 0 saturated carbocycles. The van der Waals surface area contributed by atoms with Crippen molar-refractivity contribution in [2.75, 3.05) is 26.2 Å². The summed E-state index contributed by atoms with van der Waals surface area (Å²) in [6, 6.07) is 10.9. The molecule has 1 aromatic heterocycles. The third-order valence-corrected chi connectivity index (χ3v) is 4.68. The van der Waals surface area contributed by atoms with E-state index in [1.165, 1.54) is 0 Å². The molecule has 1 atom stereocenters. The molecule has 1 aliphatic heterocycles. The Kier molecular flexibility index (Phi) is 6.54. The van der Waals surface area contributed by atoms with Crippen LogP contribution >= 0.6 is 0 Å². The molecular weight excluding hydrogens is 342 g/mol. The monoisotopic (exact) mass is 367 g/mol. The molecule has 1 N–H and O–H groups in total. The van der Waals surface area contributed by atoms with E-state index in [4.69, 9.17) is 4.74 Å². The third kappa shape index (κ3) is 5.62. The number of benzene rings is 1. The van der Waals surface area contributed by atoms with Crippen molar-refractivity contribution in [3.8, 4) is 5.75 Å². The van der Waals surface area contributed by atoms with E-state index in [-0.39, 0.29) is 17.7 Å². The number of nitrogens with zero attached hydrogens (tertiary/aromatic N) is 2. The van der Waals surface area contributed by atoms with Gasteiger partial charge in [0.25, 0.3) is 5.91 Å². The van der Waals surface area contributed by atoms with Gasteiger partial charge in [-0.1, -0.05) is 0 Å². The molecule has 2 heterocycles. The topological polar surface area (TPSA) is 71.5 Å². The number of ketones is 1. The van der Waals surface area contributed by atoms with Crippen molar-refractivity contribution >= 4 is 11.7 Å². The second kappa shape index (κ2) is 9.28. The van der Waals surface area contributed by atoms with Gasteiger partial charge in [-0.25, -0.2) is 0 Å². The predicted octanol–water partition coefficient (Wildman–Crippen LogP) is 2.56. The van der Waals surface area contributed by atoms with Crippen LogP contribution in [0.15, 0.2) is 48.8 Å². The second-order valence-electron chi connectivity index (χ2n) is 6.78. The molecule has 1 amide bonds. The molecule has 1 aromatic carbocycles. The van der Waals surface area contributed by atoms with Crippen LogP contribution in [0, 0.1) is 0 Å². The van der Waals surface area contributed by atoms with Gasteiger partial charge in [-0.15, -0.1) is 0 Å². The number of carbonyl (C=O) groups excluding carboxylic acids is 2. The lowest BCUT2D eigenvalue weighted by Gasteiger charge is -2.17. The zero-order valence-electron chi connectivity index (χ0n) is 15.6. The summed E-state index contributed by atoms with van der Waals surface area (Å²) in [5.41, 5.74) is 1.29. The van der Waals surface area contributed by atoms with Crippen molar-refractivity contribution in [1.82, 2.24) is 15.2 Å². The Bertz CT molecular complexity index is 762. The van der Waals surface area contributed by atoms with Crippen molar-refractivity contribution in [2.45, 2.75) is 25.8 Å². The summed E-state index contributed by atoms with van der Waals surface area (Å²) in [4.78, 5) is 29.8. The lowest BCUT2D eigenvalue weighted by atomic mass is 10.1. The van der Waals surface area contributed by atoms with Crippen molar-refractivity contribution in [1.29, 1.82) is 0 Å². The number of carbonyl (C=O) groups is 2. The molecule has 0 radical (unpaired) electrons. The number of hydrogen-bond acceptors (Lipinski definition) is 5. The summed E-state index contributed by atoms with van der Waals surface area (Å²) in [5, 5.41) is 3.08. The highest BCUT2D eigenvalue weighted by molar-refractivity contribution is 5.94. The molecule has 142 valence electrons. The number of nitrogens with one attached hydrogen (secondary N) is 1. The minimum atomic E-state index is -0.0627. The van der Waals surface area contributed by atoms with Crippen molar-refractivity contribution in [2.24, 2.45) is 0 Å². The summed E-state index contributed by atoms with van der Waals surface area (Å²) in [6.07, 6.45) is 5.12. The van der Waals surface area contributed by atoms with Gasteiger partial charge in [-0.3, -0.25) is 14.6 Å². The minimum Gasteiger partial charge on any atom is -0.494 e. The summed E-state index contributed by atoms with van der Waals surface area (Å²) >= 11 is 0. The van der Waals surface area contributed by atoms with Crippen molar-refractivity contribution < 1.29 is 14.3 Å². The molecule has 2 aromatic rings. The first-order valence-corrected chi connectivity index (χ1v) is 9.29. The summed E-state index contributed by atoms with van der Waals surface area (Å²) in [7, 11) is 0. The maximum Gasteiger partial charge on any atom is 0.253 e. The normalized spacial score (nSPS) is 16.9. The lowest BCUT2D eigenvalue weighted by molar-refractivity contribution is 0.0936. The van der Waals surface area contributed by atoms with Gasteiger partial charge in [0.2, 0.25) is 0 Å². The molecule has 1 saturated heterocycles. The first kappa shape index (κ1) is 19.0. The van der Waals surface area contributed by atoms with Crippen molar-refractivity contribution in [3.05, 3.63) is 59.9 Å². The number of aromatic nitrogens is 1. The van der Waals surface area contributed by atoms with Gasteiger partial charge in [0.1, 0.15) is 5.75 Å². The van der Waals surface area contributed by atoms with Crippen LogP contribution in [0.1, 0.15) is 40.5 Å². The standard InChI is InChI=1S/C21H25N3O3/c1-16(25)17-5-7-20(8-6-17)27-13-3-11-24-12-9-19(15-24)23-21(26)18-4-2-10-22-14-18/h2,4-8,10,14,19H,3,9,11-13,15H2,1H3,(H,23,26)/t19-/m1/s1. The Morgan fingerprint density at radius 2 is 2.04 bits per heavy atom. The molecule has 0 spiro atoms. The average Bonchev–Trinajstić information content (AvgIpc) is 3.13. The molecule has 0 aliphatic carbocycles. The van der Waals surface area contributed by atoms with Crippen LogP contribution in [0.3, 0.4) is 0 Å². The molecule has 0 unspecified atom stereocenters. The number of Topliss-reactive ketones (excluding diaryl/α,β-unsaturated/α-hetero) is 1. The van der Waals surface area contributed by atoms with Gasteiger partial charge in [-0.05, 0) is 56.2 Å². The summed E-state index contributed by atoms with van der Waals surface area (Å²) < 4.78 is 5.74. The zero-order valence-corrected chi connectivity index (χ0v) is 15.6. The first-order valence-electron chi connectivity index (χ1n) is 9.29. The Morgan fingerprint density at radius 3 is 2.74 bits per heavy atom. The second-order valence-corrected chi connectivity index (χ2v) is 6.78. The van der Waals surface area contributed by atoms with E-state index in [9.17, 15) is 9.59 Å². The molecule has 6 heteroatoms. The van der Waals surface area contributed by atoms with Crippen LogP contribution in [0.25, 0.3) is 0 Å². The molecule has 0 bridgehead atoms. The molecule has 3 rings (SSSR count). The minimum absolute atomic E-state index is 0.0563. The smallest absolute Gasteiger partial charge is 0.253 e. The van der Waals surface area contributed by atoms with E-state index in [1.807, 2.05) is 12.1 Å². The Hall–Kier alpha value is -2.73. The molecule has 1 fully saturated rings. The third-order valence-electron chi connectivity index (χ3n) is 4.68. The Balaban J connectivity index is 1.34. The Morgan fingerprint density at radius 1 is 1.22 bits per heavy atom. The molecule has 1 aliphatic rings. The van der Waals surface area contributed by atoms with Crippen LogP contribution in [0.5, 0.6) is 5.75 Å². The average molecular weight is 367 g/mol. The van der Waals surface area contributed by atoms with E-state index in [0.717, 1.165) is 38.2 Å². The van der Waals surface area contributed by atoms with Gasteiger partial charge in [0.05, 0.1) is 12.2 Å². The number of likely N-dealkylation sites (tertiary alicyclic amines) is 1. The first-order chi connectivity index (χ1) is 13.1. The van der Waals surface area contributed by atoms with E-state index in [0.29, 0.717) is 17.7 Å². The van der Waals surface area contributed by atoms with Gasteiger partial charge in [-0.2, -0.15) is 0 Å². The van der Waals surface area contributed by atoms with E-state index in [2.05, 4.69) is 15.2 Å². The fraction of sp³-hybridized carbons (Fsp3) is 0.381. The number of amides is 1. The van der Waals surface area contributed by atoms with Crippen molar-refractivity contribution in [3.63, 3.8) is 0 Å². The number of hydrogen-bond donors (Lipinski definition) is 1. The summed E-state index contributed by atoms with van der Waals surface area (Å²) in [5.74, 6) is 0.774. The largest absolute Gasteiger partial charge is 0.494 e. The predicted molar refractivity (Wildman–Crippen MR) is 103 cm³/mol. The number of pyridine rings is 1. The van der Waals surface area contributed by atoms with Gasteiger partial charge in [0.15, 0.2) is 5.78 Å². The SMILES string of the molecule is CC(=O)c1ccc(OCCCN2CC[C@@H](NC(=O)c3cccnc3)C2)cc1. The van der Waals surface area contributed by atoms with Crippen LogP contribution < -0.4 is 10.1 Å². The highest BCUT2D eigenvalue weighted by Gasteiger charge is 2.23. The fourth-order valence-corrected chi connectivity index (χ4v) is 3.18. The Labute approximate surface area is 159 Å². The van der Waals surface area contributed by atoms with Crippen LogP contribution in [0.2, 0.25) is 0 Å². The van der Waals surface area contributed by atoms with Crippen LogP contribution in [-0.2, 0) is 0 Å². The van der Waals surface area contributed by atoms with Crippen LogP contribution in [-0.4, -0.2) is 53.9 Å². The van der Waals surface area contributed by atoms with E-state index < -0.39 is 0 Å².